The van der Waals surface area contributed by atoms with E-state index in [9.17, 15) is 8.78 Å². The lowest BCUT2D eigenvalue weighted by Crippen LogP contribution is -1.85. The number of fused-ring (bicyclic) bond motifs is 1. The van der Waals surface area contributed by atoms with Crippen molar-refractivity contribution >= 4 is 11.1 Å². The van der Waals surface area contributed by atoms with Gasteiger partial charge < -0.3 is 4.42 Å². The Bertz CT molecular complexity index is 658. The fourth-order valence-electron chi connectivity index (χ4n) is 1.62. The van der Waals surface area contributed by atoms with Crippen LogP contribution in [0.3, 0.4) is 0 Å². The molecule has 0 aliphatic heterocycles. The van der Waals surface area contributed by atoms with Crippen LogP contribution in [0.5, 0.6) is 0 Å². The van der Waals surface area contributed by atoms with E-state index in [1.165, 1.54) is 6.07 Å². The smallest absolute Gasteiger partial charge is 0.227 e. The molecule has 1 aromatic heterocycles. The monoisotopic (exact) mass is 231 g/mol. The largest absolute Gasteiger partial charge is 0.436 e. The minimum absolute atomic E-state index is 0.283. The lowest BCUT2D eigenvalue weighted by Gasteiger charge is -1.96. The Morgan fingerprint density at radius 1 is 0.941 bits per heavy atom. The Morgan fingerprint density at radius 3 is 2.53 bits per heavy atom. The Balaban J connectivity index is 2.17. The summed E-state index contributed by atoms with van der Waals surface area (Å²) in [6.07, 6.45) is 0. The number of benzene rings is 2. The van der Waals surface area contributed by atoms with Crippen molar-refractivity contribution in [3.8, 4) is 11.5 Å². The van der Waals surface area contributed by atoms with Crippen LogP contribution in [-0.2, 0) is 0 Å². The van der Waals surface area contributed by atoms with E-state index in [1.807, 2.05) is 12.1 Å². The Hall–Kier alpha value is -2.23. The number of para-hydroxylation sites is 2. The van der Waals surface area contributed by atoms with Gasteiger partial charge in [-0.3, -0.25) is 0 Å². The van der Waals surface area contributed by atoms with Gasteiger partial charge in [-0.25, -0.2) is 13.8 Å². The zero-order valence-electron chi connectivity index (χ0n) is 8.65. The summed E-state index contributed by atoms with van der Waals surface area (Å²) in [5, 5.41) is 0. The molecule has 2 aromatic carbocycles. The maximum Gasteiger partial charge on any atom is 0.227 e. The van der Waals surface area contributed by atoms with Crippen LogP contribution in [0.15, 0.2) is 46.9 Å². The van der Waals surface area contributed by atoms with E-state index in [0.29, 0.717) is 16.7 Å². The summed E-state index contributed by atoms with van der Waals surface area (Å²) < 4.78 is 31.3. The summed E-state index contributed by atoms with van der Waals surface area (Å²) in [4.78, 5) is 4.20. The molecule has 0 aliphatic carbocycles. The summed E-state index contributed by atoms with van der Waals surface area (Å²) in [7, 11) is 0. The van der Waals surface area contributed by atoms with Crippen LogP contribution in [0, 0.1) is 11.6 Å². The van der Waals surface area contributed by atoms with Gasteiger partial charge in [-0.15, -0.1) is 0 Å². The molecule has 84 valence electrons. The molecule has 0 bridgehead atoms. The highest BCUT2D eigenvalue weighted by Gasteiger charge is 2.10. The maximum absolute atomic E-state index is 13.1. The number of hydrogen-bond acceptors (Lipinski definition) is 2. The van der Waals surface area contributed by atoms with E-state index >= 15 is 0 Å². The van der Waals surface area contributed by atoms with Crippen LogP contribution in [0.4, 0.5) is 8.78 Å². The first-order valence-electron chi connectivity index (χ1n) is 5.05. The lowest BCUT2D eigenvalue weighted by atomic mass is 10.2. The summed E-state index contributed by atoms with van der Waals surface area (Å²) in [5.41, 5.74) is 1.72. The van der Waals surface area contributed by atoms with E-state index in [-0.39, 0.29) is 5.89 Å². The highest BCUT2D eigenvalue weighted by molar-refractivity contribution is 5.75. The fourth-order valence-corrected chi connectivity index (χ4v) is 1.62. The molecule has 17 heavy (non-hydrogen) atoms. The van der Waals surface area contributed by atoms with Crippen molar-refractivity contribution in [2.45, 2.75) is 0 Å². The second kappa shape index (κ2) is 3.66. The number of rotatable bonds is 1. The molecule has 3 rings (SSSR count). The predicted molar refractivity (Wildman–Crippen MR) is 59.4 cm³/mol. The molecule has 0 fully saturated rings. The van der Waals surface area contributed by atoms with Crippen LogP contribution >= 0.6 is 0 Å². The van der Waals surface area contributed by atoms with Gasteiger partial charge in [0.25, 0.3) is 0 Å². The van der Waals surface area contributed by atoms with E-state index in [2.05, 4.69) is 4.98 Å². The van der Waals surface area contributed by atoms with Crippen molar-refractivity contribution in [2.75, 3.05) is 0 Å². The average molecular weight is 231 g/mol. The summed E-state index contributed by atoms with van der Waals surface area (Å²) in [6.45, 7) is 0. The van der Waals surface area contributed by atoms with Gasteiger partial charge in [0.15, 0.2) is 17.2 Å². The molecule has 0 N–H and O–H groups in total. The number of halogens is 2. The van der Waals surface area contributed by atoms with E-state index in [1.54, 1.807) is 12.1 Å². The van der Waals surface area contributed by atoms with Crippen LogP contribution in [0.25, 0.3) is 22.6 Å². The molecular formula is C13H7F2NO. The van der Waals surface area contributed by atoms with Crippen molar-refractivity contribution < 1.29 is 13.2 Å². The minimum atomic E-state index is -0.912. The second-order valence-corrected chi connectivity index (χ2v) is 3.62. The van der Waals surface area contributed by atoms with Gasteiger partial charge in [-0.2, -0.15) is 0 Å². The molecule has 3 aromatic rings. The average Bonchev–Trinajstić information content (AvgIpc) is 2.76. The van der Waals surface area contributed by atoms with Crippen molar-refractivity contribution in [3.05, 3.63) is 54.1 Å². The fraction of sp³-hybridized carbons (Fsp3) is 0. The molecular weight excluding hydrogens is 224 g/mol. The van der Waals surface area contributed by atoms with E-state index < -0.39 is 11.6 Å². The third kappa shape index (κ3) is 1.67. The Morgan fingerprint density at radius 2 is 1.76 bits per heavy atom. The third-order valence-corrected chi connectivity index (χ3v) is 2.46. The van der Waals surface area contributed by atoms with Crippen LogP contribution in [-0.4, -0.2) is 4.98 Å². The highest BCUT2D eigenvalue weighted by Crippen LogP contribution is 2.25. The summed E-state index contributed by atoms with van der Waals surface area (Å²) in [6, 6.07) is 10.8. The Labute approximate surface area is 95.5 Å². The van der Waals surface area contributed by atoms with Gasteiger partial charge in [-0.1, -0.05) is 12.1 Å². The lowest BCUT2D eigenvalue weighted by molar-refractivity contribution is 0.508. The standard InChI is InChI=1S/C13H7F2NO/c14-9-6-5-8(7-10(9)15)13-16-11-3-1-2-4-12(11)17-13/h1-7H. The van der Waals surface area contributed by atoms with Gasteiger partial charge in [0.1, 0.15) is 5.52 Å². The maximum atomic E-state index is 13.1. The normalized spacial score (nSPS) is 10.9. The minimum Gasteiger partial charge on any atom is -0.436 e. The van der Waals surface area contributed by atoms with Crippen molar-refractivity contribution in [2.24, 2.45) is 0 Å². The third-order valence-electron chi connectivity index (χ3n) is 2.46. The number of aromatic nitrogens is 1. The summed E-state index contributed by atoms with van der Waals surface area (Å²) in [5.74, 6) is -1.51. The predicted octanol–water partition coefficient (Wildman–Crippen LogP) is 3.77. The first kappa shape index (κ1) is 9.96. The molecule has 0 saturated heterocycles. The van der Waals surface area contributed by atoms with Crippen LogP contribution < -0.4 is 0 Å². The van der Waals surface area contributed by atoms with Gasteiger partial charge in [0.05, 0.1) is 0 Å². The van der Waals surface area contributed by atoms with Gasteiger partial charge in [0.2, 0.25) is 5.89 Å². The number of nitrogens with zero attached hydrogens (tertiary/aromatic N) is 1. The molecule has 0 spiro atoms. The first-order chi connectivity index (χ1) is 8.24. The molecule has 0 amide bonds. The van der Waals surface area contributed by atoms with Gasteiger partial charge >= 0.3 is 0 Å². The van der Waals surface area contributed by atoms with Crippen molar-refractivity contribution in [1.82, 2.24) is 4.98 Å². The van der Waals surface area contributed by atoms with E-state index in [0.717, 1.165) is 12.1 Å². The molecule has 4 heteroatoms. The van der Waals surface area contributed by atoms with Crippen molar-refractivity contribution in [3.63, 3.8) is 0 Å². The second-order valence-electron chi connectivity index (χ2n) is 3.62. The molecule has 0 radical (unpaired) electrons. The van der Waals surface area contributed by atoms with Crippen molar-refractivity contribution in [1.29, 1.82) is 0 Å². The summed E-state index contributed by atoms with van der Waals surface area (Å²) >= 11 is 0. The van der Waals surface area contributed by atoms with E-state index in [4.69, 9.17) is 4.42 Å². The van der Waals surface area contributed by atoms with Crippen LogP contribution in [0.1, 0.15) is 0 Å². The first-order valence-corrected chi connectivity index (χ1v) is 5.05. The molecule has 2 nitrogen and oxygen atoms in total. The number of hydrogen-bond donors (Lipinski definition) is 0. The topological polar surface area (TPSA) is 26.0 Å². The molecule has 0 atom stereocenters. The molecule has 0 unspecified atom stereocenters. The quantitative estimate of drug-likeness (QED) is 0.637. The zero-order chi connectivity index (χ0) is 11.8. The Kier molecular flexibility index (Phi) is 2.14. The SMILES string of the molecule is Fc1ccc(-c2nc3ccccc3o2)cc1F. The van der Waals surface area contributed by atoms with Gasteiger partial charge in [0, 0.05) is 5.56 Å². The molecule has 0 aliphatic rings. The molecule has 1 heterocycles. The highest BCUT2D eigenvalue weighted by atomic mass is 19.2. The zero-order valence-corrected chi connectivity index (χ0v) is 8.65. The van der Waals surface area contributed by atoms with Gasteiger partial charge in [-0.05, 0) is 30.3 Å². The van der Waals surface area contributed by atoms with Crippen LogP contribution in [0.2, 0.25) is 0 Å². The number of oxazole rings is 1. The molecule has 0 saturated carbocycles.